The Morgan fingerprint density at radius 2 is 2.35 bits per heavy atom. The van der Waals surface area contributed by atoms with Gasteiger partial charge < -0.3 is 5.32 Å². The van der Waals surface area contributed by atoms with Crippen molar-refractivity contribution in [3.63, 3.8) is 0 Å². The maximum Gasteiger partial charge on any atom is 0.240 e. The SMILES string of the molecule is CC1(C(=O)Nc2cccc(C=O)c2)CCCS1. The van der Waals surface area contributed by atoms with Crippen LogP contribution in [0.5, 0.6) is 0 Å². The highest BCUT2D eigenvalue weighted by Crippen LogP contribution is 2.38. The van der Waals surface area contributed by atoms with E-state index in [1.807, 2.05) is 6.92 Å². The van der Waals surface area contributed by atoms with Crippen molar-refractivity contribution >= 4 is 29.6 Å². The topological polar surface area (TPSA) is 46.2 Å². The van der Waals surface area contributed by atoms with Crippen molar-refractivity contribution in [2.45, 2.75) is 24.5 Å². The number of hydrogen-bond donors (Lipinski definition) is 1. The minimum atomic E-state index is -0.322. The largest absolute Gasteiger partial charge is 0.325 e. The molecular weight excluding hydrogens is 234 g/mol. The van der Waals surface area contributed by atoms with Crippen LogP contribution < -0.4 is 5.32 Å². The molecule has 0 saturated carbocycles. The molecule has 2 rings (SSSR count). The summed E-state index contributed by atoms with van der Waals surface area (Å²) in [4.78, 5) is 22.8. The van der Waals surface area contributed by atoms with Gasteiger partial charge >= 0.3 is 0 Å². The smallest absolute Gasteiger partial charge is 0.240 e. The van der Waals surface area contributed by atoms with Crippen LogP contribution in [0.2, 0.25) is 0 Å². The summed E-state index contributed by atoms with van der Waals surface area (Å²) < 4.78 is -0.322. The minimum absolute atomic E-state index is 0.0306. The summed E-state index contributed by atoms with van der Waals surface area (Å²) in [5.74, 6) is 1.07. The second kappa shape index (κ2) is 4.92. The fourth-order valence-corrected chi connectivity index (χ4v) is 3.12. The molecule has 1 fully saturated rings. The lowest BCUT2D eigenvalue weighted by molar-refractivity contribution is -0.118. The molecule has 1 aliphatic rings. The molecular formula is C13H15NO2S. The Morgan fingerprint density at radius 1 is 1.53 bits per heavy atom. The Hall–Kier alpha value is -1.29. The first-order valence-corrected chi connectivity index (χ1v) is 6.63. The van der Waals surface area contributed by atoms with Gasteiger partial charge in [-0.3, -0.25) is 9.59 Å². The van der Waals surface area contributed by atoms with Crippen molar-refractivity contribution in [3.05, 3.63) is 29.8 Å². The predicted octanol–water partition coefficient (Wildman–Crippen LogP) is 2.72. The molecule has 0 spiro atoms. The van der Waals surface area contributed by atoms with E-state index >= 15 is 0 Å². The van der Waals surface area contributed by atoms with Crippen LogP contribution in [0, 0.1) is 0 Å². The van der Waals surface area contributed by atoms with Crippen LogP contribution in [0.1, 0.15) is 30.1 Å². The Bertz CT molecular complexity index is 439. The zero-order valence-electron chi connectivity index (χ0n) is 9.73. The van der Waals surface area contributed by atoms with Crippen molar-refractivity contribution in [2.75, 3.05) is 11.1 Å². The molecule has 0 bridgehead atoms. The van der Waals surface area contributed by atoms with Gasteiger partial charge in [0, 0.05) is 11.3 Å². The highest BCUT2D eigenvalue weighted by molar-refractivity contribution is 8.01. The highest BCUT2D eigenvalue weighted by atomic mass is 32.2. The number of rotatable bonds is 3. The van der Waals surface area contributed by atoms with Gasteiger partial charge in [-0.15, -0.1) is 11.8 Å². The first kappa shape index (κ1) is 12.2. The lowest BCUT2D eigenvalue weighted by Crippen LogP contribution is -2.34. The molecule has 4 heteroatoms. The monoisotopic (exact) mass is 249 g/mol. The zero-order chi connectivity index (χ0) is 12.3. The standard InChI is InChI=1S/C13H15NO2S/c1-13(6-3-7-17-13)12(16)14-11-5-2-4-10(8-11)9-15/h2,4-5,8-9H,3,6-7H2,1H3,(H,14,16). The molecule has 0 radical (unpaired) electrons. The number of amides is 1. The molecule has 1 N–H and O–H groups in total. The Morgan fingerprint density at radius 3 is 3.00 bits per heavy atom. The van der Waals surface area contributed by atoms with Crippen LogP contribution in [0.15, 0.2) is 24.3 Å². The third-order valence-corrected chi connectivity index (χ3v) is 4.50. The molecule has 0 aliphatic carbocycles. The molecule has 1 amide bonds. The van der Waals surface area contributed by atoms with Crippen molar-refractivity contribution in [1.82, 2.24) is 0 Å². The summed E-state index contributed by atoms with van der Waals surface area (Å²) in [6.45, 7) is 1.98. The van der Waals surface area contributed by atoms with Crippen LogP contribution in [-0.4, -0.2) is 22.7 Å². The first-order valence-electron chi connectivity index (χ1n) is 5.65. The summed E-state index contributed by atoms with van der Waals surface area (Å²) in [6, 6.07) is 6.97. The maximum atomic E-state index is 12.1. The van der Waals surface area contributed by atoms with Crippen molar-refractivity contribution in [2.24, 2.45) is 0 Å². The Labute approximate surface area is 105 Å². The summed E-state index contributed by atoms with van der Waals surface area (Å²) in [7, 11) is 0. The number of anilines is 1. The molecule has 3 nitrogen and oxygen atoms in total. The molecule has 90 valence electrons. The average Bonchev–Trinajstić information content (AvgIpc) is 2.78. The molecule has 1 unspecified atom stereocenters. The molecule has 1 heterocycles. The minimum Gasteiger partial charge on any atom is -0.325 e. The number of hydrogen-bond acceptors (Lipinski definition) is 3. The molecule has 1 aromatic carbocycles. The van der Waals surface area contributed by atoms with E-state index in [-0.39, 0.29) is 10.7 Å². The van der Waals surface area contributed by atoms with Gasteiger partial charge in [-0.1, -0.05) is 12.1 Å². The average molecular weight is 249 g/mol. The summed E-state index contributed by atoms with van der Waals surface area (Å²) in [5, 5.41) is 2.88. The van der Waals surface area contributed by atoms with Gasteiger partial charge in [0.05, 0.1) is 4.75 Å². The normalized spacial score (nSPS) is 23.4. The van der Waals surface area contributed by atoms with Crippen molar-refractivity contribution in [1.29, 1.82) is 0 Å². The van der Waals surface area contributed by atoms with Gasteiger partial charge in [0.25, 0.3) is 0 Å². The molecule has 1 saturated heterocycles. The second-order valence-corrected chi connectivity index (χ2v) is 5.98. The number of thioether (sulfide) groups is 1. The van der Waals surface area contributed by atoms with Gasteiger partial charge in [-0.25, -0.2) is 0 Å². The van der Waals surface area contributed by atoms with Gasteiger partial charge in [0.15, 0.2) is 0 Å². The number of carbonyl (C=O) groups is 2. The van der Waals surface area contributed by atoms with Crippen LogP contribution in [0.3, 0.4) is 0 Å². The van der Waals surface area contributed by atoms with E-state index in [1.54, 1.807) is 36.0 Å². The maximum absolute atomic E-state index is 12.1. The molecule has 17 heavy (non-hydrogen) atoms. The molecule has 0 aromatic heterocycles. The molecule has 1 aliphatic heterocycles. The summed E-state index contributed by atoms with van der Waals surface area (Å²) >= 11 is 1.70. The van der Waals surface area contributed by atoms with Crippen LogP contribution in [0.25, 0.3) is 0 Å². The Kier molecular flexibility index (Phi) is 3.52. The fourth-order valence-electron chi connectivity index (χ4n) is 1.91. The number of carbonyl (C=O) groups excluding carboxylic acids is 2. The number of nitrogens with one attached hydrogen (secondary N) is 1. The van der Waals surface area contributed by atoms with E-state index in [0.29, 0.717) is 11.3 Å². The van der Waals surface area contributed by atoms with Gasteiger partial charge in [0.2, 0.25) is 5.91 Å². The molecule has 1 atom stereocenters. The lowest BCUT2D eigenvalue weighted by atomic mass is 10.0. The number of aldehydes is 1. The van der Waals surface area contributed by atoms with E-state index in [0.717, 1.165) is 24.9 Å². The second-order valence-electron chi connectivity index (χ2n) is 4.38. The van der Waals surface area contributed by atoms with E-state index in [4.69, 9.17) is 0 Å². The first-order chi connectivity index (χ1) is 8.14. The van der Waals surface area contributed by atoms with E-state index in [2.05, 4.69) is 5.32 Å². The van der Waals surface area contributed by atoms with Gasteiger partial charge in [-0.2, -0.15) is 0 Å². The van der Waals surface area contributed by atoms with Gasteiger partial charge in [0.1, 0.15) is 6.29 Å². The highest BCUT2D eigenvalue weighted by Gasteiger charge is 2.37. The third-order valence-electron chi connectivity index (χ3n) is 2.98. The molecule has 1 aromatic rings. The third kappa shape index (κ3) is 2.69. The van der Waals surface area contributed by atoms with Crippen molar-refractivity contribution < 1.29 is 9.59 Å². The van der Waals surface area contributed by atoms with Crippen LogP contribution in [-0.2, 0) is 4.79 Å². The van der Waals surface area contributed by atoms with E-state index in [9.17, 15) is 9.59 Å². The van der Waals surface area contributed by atoms with E-state index < -0.39 is 0 Å². The fraction of sp³-hybridized carbons (Fsp3) is 0.385. The predicted molar refractivity (Wildman–Crippen MR) is 70.6 cm³/mol. The van der Waals surface area contributed by atoms with Crippen LogP contribution in [0.4, 0.5) is 5.69 Å². The summed E-state index contributed by atoms with van der Waals surface area (Å²) in [5.41, 5.74) is 1.26. The lowest BCUT2D eigenvalue weighted by Gasteiger charge is -2.21. The van der Waals surface area contributed by atoms with Crippen LogP contribution >= 0.6 is 11.8 Å². The van der Waals surface area contributed by atoms with Gasteiger partial charge in [-0.05, 0) is 37.7 Å². The van der Waals surface area contributed by atoms with E-state index in [1.165, 1.54) is 0 Å². The zero-order valence-corrected chi connectivity index (χ0v) is 10.5. The van der Waals surface area contributed by atoms with Crippen molar-refractivity contribution in [3.8, 4) is 0 Å². The Balaban J connectivity index is 2.09. The number of benzene rings is 1. The quantitative estimate of drug-likeness (QED) is 0.838. The summed E-state index contributed by atoms with van der Waals surface area (Å²) in [6.07, 6.45) is 2.78.